The molecule has 0 saturated carbocycles. The number of hydrogen-bond donors (Lipinski definition) is 4. The summed E-state index contributed by atoms with van der Waals surface area (Å²) >= 11 is 1.45. The third-order valence-electron chi connectivity index (χ3n) is 5.30. The van der Waals surface area contributed by atoms with E-state index in [0.29, 0.717) is 6.54 Å². The predicted molar refractivity (Wildman–Crippen MR) is 117 cm³/mol. The SMILES string of the molecule is CCN(c1nncs1)P(=O)(N1CC1)N1CC1.Nc1ncn([C@@H]2O[C@H](CO)[C@@H](O)[C@H]2O)c(=O)n1. The first-order valence-corrected chi connectivity index (χ1v) is 12.7. The molecule has 5 heterocycles. The van der Waals surface area contributed by atoms with Gasteiger partial charge in [0.05, 0.1) is 6.61 Å². The van der Waals surface area contributed by atoms with Gasteiger partial charge in [-0.1, -0.05) is 11.3 Å². The predicted octanol–water partition coefficient (Wildman–Crippen LogP) is -2.06. The van der Waals surface area contributed by atoms with Gasteiger partial charge in [0.2, 0.25) is 11.1 Å². The van der Waals surface area contributed by atoms with Crippen molar-refractivity contribution in [2.24, 2.45) is 0 Å². The van der Waals surface area contributed by atoms with Crippen molar-refractivity contribution >= 4 is 30.0 Å². The lowest BCUT2D eigenvalue weighted by molar-refractivity contribution is -0.0554. The summed E-state index contributed by atoms with van der Waals surface area (Å²) in [5.74, 6) is -0.196. The standard InChI is InChI=1S/C8H14N5OPS.C8H12N4O5/c1-2-13(8-10-9-7-16-8)15(14,11-3-4-11)12-5-6-12;9-7-10-2-12(8(16)11-7)6-5(15)4(14)3(1-13)17-6/h7H,2-6H2,1H3;2-6,13-15H,1H2,(H2,9,11,16)/t;3-,4-,5-,6-/m.1/s1. The smallest absolute Gasteiger partial charge is 0.354 e. The molecular formula is C16H26N9O6PS. The van der Waals surface area contributed by atoms with E-state index in [4.69, 9.17) is 15.6 Å². The van der Waals surface area contributed by atoms with Crippen LogP contribution in [0.25, 0.3) is 0 Å². The fourth-order valence-corrected chi connectivity index (χ4v) is 7.26. The van der Waals surface area contributed by atoms with E-state index in [1.165, 1.54) is 11.3 Å². The highest BCUT2D eigenvalue weighted by atomic mass is 32.1. The summed E-state index contributed by atoms with van der Waals surface area (Å²) in [5, 5.41) is 36.7. The third-order valence-corrected chi connectivity index (χ3v) is 9.53. The Labute approximate surface area is 192 Å². The van der Waals surface area contributed by atoms with Crippen molar-refractivity contribution in [2.75, 3.05) is 49.7 Å². The third kappa shape index (κ3) is 4.79. The normalized spacial score (nSPS) is 27.2. The molecular weight excluding hydrogens is 477 g/mol. The van der Waals surface area contributed by atoms with E-state index >= 15 is 0 Å². The van der Waals surface area contributed by atoms with Crippen LogP contribution in [0.3, 0.4) is 0 Å². The highest BCUT2D eigenvalue weighted by Gasteiger charge is 2.52. The lowest BCUT2D eigenvalue weighted by Crippen LogP contribution is -2.36. The molecule has 0 spiro atoms. The van der Waals surface area contributed by atoms with Crippen molar-refractivity contribution in [3.05, 3.63) is 22.3 Å². The Kier molecular flexibility index (Phi) is 7.07. The molecule has 0 amide bonds. The van der Waals surface area contributed by atoms with Crippen LogP contribution in [0.2, 0.25) is 0 Å². The highest BCUT2D eigenvalue weighted by molar-refractivity contribution is 7.61. The summed E-state index contributed by atoms with van der Waals surface area (Å²) in [6.07, 6.45) is -3.67. The second-order valence-electron chi connectivity index (χ2n) is 7.49. The molecule has 0 radical (unpaired) electrons. The molecule has 3 saturated heterocycles. The quantitative estimate of drug-likeness (QED) is 0.238. The Morgan fingerprint density at radius 3 is 2.39 bits per heavy atom. The van der Waals surface area contributed by atoms with Crippen LogP contribution in [-0.2, 0) is 9.30 Å². The fraction of sp³-hybridized carbons (Fsp3) is 0.688. The first-order valence-electron chi connectivity index (χ1n) is 10.3. The molecule has 3 aliphatic rings. The van der Waals surface area contributed by atoms with Crippen molar-refractivity contribution in [3.8, 4) is 0 Å². The Morgan fingerprint density at radius 1 is 1.27 bits per heavy atom. The second-order valence-corrected chi connectivity index (χ2v) is 10.9. The van der Waals surface area contributed by atoms with Gasteiger partial charge in [0, 0.05) is 32.7 Å². The zero-order chi connectivity index (χ0) is 23.8. The van der Waals surface area contributed by atoms with Gasteiger partial charge in [0.25, 0.3) is 0 Å². The summed E-state index contributed by atoms with van der Waals surface area (Å²) in [4.78, 5) is 18.4. The fourth-order valence-electron chi connectivity index (χ4n) is 3.45. The van der Waals surface area contributed by atoms with Crippen molar-refractivity contribution in [2.45, 2.75) is 31.5 Å². The molecule has 5 rings (SSSR count). The van der Waals surface area contributed by atoms with Gasteiger partial charge in [0.15, 0.2) is 6.23 Å². The van der Waals surface area contributed by atoms with Gasteiger partial charge in [-0.15, -0.1) is 10.2 Å². The van der Waals surface area contributed by atoms with Crippen LogP contribution in [0.1, 0.15) is 13.2 Å². The van der Waals surface area contributed by atoms with Crippen molar-refractivity contribution < 1.29 is 24.6 Å². The Bertz CT molecular complexity index is 1030. The summed E-state index contributed by atoms with van der Waals surface area (Å²) in [6.45, 7) is 5.98. The molecule has 3 fully saturated rings. The second kappa shape index (κ2) is 9.68. The number of aliphatic hydroxyl groups excluding tert-OH is 3. The van der Waals surface area contributed by atoms with Crippen LogP contribution < -0.4 is 16.1 Å². The summed E-state index contributed by atoms with van der Waals surface area (Å²) < 4.78 is 25.1. The summed E-state index contributed by atoms with van der Waals surface area (Å²) in [6, 6.07) is 0. The molecule has 17 heteroatoms. The average Bonchev–Trinajstić information content (AvgIpc) is 3.73. The van der Waals surface area contributed by atoms with Crippen LogP contribution in [0, 0.1) is 0 Å². The minimum Gasteiger partial charge on any atom is -0.394 e. The zero-order valence-corrected chi connectivity index (χ0v) is 19.5. The summed E-state index contributed by atoms with van der Waals surface area (Å²) in [5.41, 5.74) is 6.14. The average molecular weight is 503 g/mol. The molecule has 182 valence electrons. The van der Waals surface area contributed by atoms with Gasteiger partial charge in [-0.2, -0.15) is 4.98 Å². The number of nitrogens with zero attached hydrogens (tertiary/aromatic N) is 8. The van der Waals surface area contributed by atoms with Crippen LogP contribution in [0.5, 0.6) is 0 Å². The molecule has 3 aliphatic heterocycles. The van der Waals surface area contributed by atoms with Crippen LogP contribution in [0.15, 0.2) is 16.6 Å². The maximum atomic E-state index is 13.1. The molecule has 0 aromatic carbocycles. The first kappa shape index (κ1) is 24.1. The number of aliphatic hydroxyl groups is 3. The van der Waals surface area contributed by atoms with E-state index in [1.54, 1.807) is 5.51 Å². The maximum absolute atomic E-state index is 13.1. The van der Waals surface area contributed by atoms with E-state index in [2.05, 4.69) is 20.2 Å². The minimum atomic E-state index is -2.53. The number of rotatable bonds is 7. The minimum absolute atomic E-state index is 0.196. The molecule has 0 aliphatic carbocycles. The largest absolute Gasteiger partial charge is 0.394 e. The molecule has 2 aromatic heterocycles. The van der Waals surface area contributed by atoms with E-state index in [-0.39, 0.29) is 5.95 Å². The number of hydrogen-bond acceptors (Lipinski definition) is 12. The van der Waals surface area contributed by atoms with Crippen LogP contribution >= 0.6 is 18.9 Å². The number of anilines is 2. The van der Waals surface area contributed by atoms with Crippen molar-refractivity contribution in [1.82, 2.24) is 34.1 Å². The molecule has 15 nitrogen and oxygen atoms in total. The Morgan fingerprint density at radius 2 is 1.94 bits per heavy atom. The Hall–Kier alpha value is -2.04. The molecule has 4 atom stereocenters. The molecule has 0 unspecified atom stereocenters. The van der Waals surface area contributed by atoms with E-state index in [0.717, 1.165) is 42.2 Å². The van der Waals surface area contributed by atoms with Gasteiger partial charge in [-0.25, -0.2) is 19.1 Å². The van der Waals surface area contributed by atoms with Crippen molar-refractivity contribution in [3.63, 3.8) is 0 Å². The summed E-state index contributed by atoms with van der Waals surface area (Å²) in [7, 11) is -2.53. The first-order chi connectivity index (χ1) is 15.8. The maximum Gasteiger partial charge on any atom is 0.354 e. The molecule has 5 N–H and O–H groups in total. The van der Waals surface area contributed by atoms with E-state index < -0.39 is 44.4 Å². The number of ether oxygens (including phenoxy) is 1. The zero-order valence-electron chi connectivity index (χ0n) is 17.8. The van der Waals surface area contributed by atoms with Crippen molar-refractivity contribution in [1.29, 1.82) is 0 Å². The number of nitrogen functional groups attached to an aromatic ring is 1. The van der Waals surface area contributed by atoms with Gasteiger partial charge in [0.1, 0.15) is 30.1 Å². The lowest BCUT2D eigenvalue weighted by atomic mass is 10.1. The van der Waals surface area contributed by atoms with Crippen LogP contribution in [-0.4, -0.2) is 107 Å². The van der Waals surface area contributed by atoms with E-state index in [1.807, 2.05) is 20.9 Å². The van der Waals surface area contributed by atoms with Gasteiger partial charge in [-0.3, -0.25) is 13.8 Å². The molecule has 2 aromatic rings. The monoisotopic (exact) mass is 503 g/mol. The number of nitrogens with two attached hydrogens (primary N) is 1. The van der Waals surface area contributed by atoms with E-state index in [9.17, 15) is 19.6 Å². The highest BCUT2D eigenvalue weighted by Crippen LogP contribution is 2.63. The lowest BCUT2D eigenvalue weighted by Gasteiger charge is -2.31. The van der Waals surface area contributed by atoms with Gasteiger partial charge in [-0.05, 0) is 6.92 Å². The topological polar surface area (TPSA) is 196 Å². The van der Waals surface area contributed by atoms with Crippen LogP contribution in [0.4, 0.5) is 11.1 Å². The number of aromatic nitrogens is 5. The van der Waals surface area contributed by atoms with Gasteiger partial charge >= 0.3 is 13.3 Å². The molecule has 33 heavy (non-hydrogen) atoms. The van der Waals surface area contributed by atoms with Gasteiger partial charge < -0.3 is 25.8 Å². The Balaban J connectivity index is 0.000000157. The molecule has 0 bridgehead atoms.